The van der Waals surface area contributed by atoms with Gasteiger partial charge in [-0.2, -0.15) is 26.3 Å². The number of alkyl halides is 6. The smallest absolute Gasteiger partial charge is 0.388 e. The Hall–Kier alpha value is -0.990. The van der Waals surface area contributed by atoms with Crippen molar-refractivity contribution in [3.05, 3.63) is 35.4 Å². The third kappa shape index (κ3) is 4.84. The molecule has 0 spiro atoms. The molecule has 2 atom stereocenters. The Morgan fingerprint density at radius 3 is 2.00 bits per heavy atom. The molecule has 0 saturated heterocycles. The van der Waals surface area contributed by atoms with Gasteiger partial charge in [0.2, 0.25) is 0 Å². The number of rotatable bonds is 3. The zero-order chi connectivity index (χ0) is 14.8. The van der Waals surface area contributed by atoms with Crippen LogP contribution in [0.2, 0.25) is 0 Å². The first-order valence-electron chi connectivity index (χ1n) is 5.20. The Bertz CT molecular complexity index is 434. The van der Waals surface area contributed by atoms with E-state index in [1.165, 1.54) is 6.07 Å². The summed E-state index contributed by atoms with van der Waals surface area (Å²) < 4.78 is 74.5. The lowest BCUT2D eigenvalue weighted by Crippen LogP contribution is -2.38. The third-order valence-corrected chi connectivity index (χ3v) is 2.52. The molecule has 0 aliphatic heterocycles. The van der Waals surface area contributed by atoms with E-state index in [0.29, 0.717) is 6.07 Å². The second-order valence-electron chi connectivity index (χ2n) is 3.98. The minimum Gasteiger partial charge on any atom is -0.388 e. The number of hydrogen-bond donors (Lipinski definition) is 2. The van der Waals surface area contributed by atoms with Crippen LogP contribution in [0.5, 0.6) is 0 Å². The van der Waals surface area contributed by atoms with Gasteiger partial charge in [0.15, 0.2) is 0 Å². The standard InChI is InChI=1S/C11H11F6NO.ClH/c12-10(13,14)7-4-2-1-3-6(7)8(19)5-9(18)11(15,16)17;/h1-4,8-9,19H,5,18H2;1H/t8-,9-;/m1./s1. The van der Waals surface area contributed by atoms with Crippen molar-refractivity contribution in [2.24, 2.45) is 5.73 Å². The van der Waals surface area contributed by atoms with Gasteiger partial charge in [0.1, 0.15) is 6.04 Å². The molecule has 0 heterocycles. The highest BCUT2D eigenvalue weighted by molar-refractivity contribution is 5.85. The molecule has 0 radical (unpaired) electrons. The largest absolute Gasteiger partial charge is 0.416 e. The third-order valence-electron chi connectivity index (χ3n) is 2.52. The predicted octanol–water partition coefficient (Wildman–Crippen LogP) is 3.44. The molecule has 0 fully saturated rings. The highest BCUT2D eigenvalue weighted by atomic mass is 35.5. The van der Waals surface area contributed by atoms with Gasteiger partial charge in [-0.15, -0.1) is 12.4 Å². The number of halogens is 7. The molecule has 1 aromatic rings. The van der Waals surface area contributed by atoms with Gasteiger partial charge in [-0.1, -0.05) is 18.2 Å². The molecule has 0 saturated carbocycles. The van der Waals surface area contributed by atoms with Crippen LogP contribution in [0, 0.1) is 0 Å². The van der Waals surface area contributed by atoms with Gasteiger partial charge in [0.25, 0.3) is 0 Å². The van der Waals surface area contributed by atoms with Gasteiger partial charge in [0, 0.05) is 6.42 Å². The average Bonchev–Trinajstić information content (AvgIpc) is 2.26. The minimum atomic E-state index is -4.77. The maximum Gasteiger partial charge on any atom is 0.416 e. The molecule has 20 heavy (non-hydrogen) atoms. The quantitative estimate of drug-likeness (QED) is 0.837. The molecular weight excluding hydrogens is 312 g/mol. The van der Waals surface area contributed by atoms with Gasteiger partial charge in [0.05, 0.1) is 11.7 Å². The number of hydrogen-bond acceptors (Lipinski definition) is 2. The van der Waals surface area contributed by atoms with Crippen LogP contribution in [-0.2, 0) is 6.18 Å². The van der Waals surface area contributed by atoms with Crippen molar-refractivity contribution >= 4 is 12.4 Å². The first-order valence-corrected chi connectivity index (χ1v) is 5.20. The van der Waals surface area contributed by atoms with Gasteiger partial charge in [-0.05, 0) is 11.6 Å². The molecule has 0 aromatic heterocycles. The molecule has 116 valence electrons. The first-order chi connectivity index (χ1) is 8.53. The number of nitrogens with two attached hydrogens (primary N) is 1. The van der Waals surface area contributed by atoms with Crippen molar-refractivity contribution in [3.63, 3.8) is 0 Å². The molecule has 0 amide bonds. The van der Waals surface area contributed by atoms with Gasteiger partial charge in [-0.3, -0.25) is 0 Å². The van der Waals surface area contributed by atoms with Crippen LogP contribution < -0.4 is 5.73 Å². The Morgan fingerprint density at radius 1 is 1.05 bits per heavy atom. The van der Waals surface area contributed by atoms with Crippen molar-refractivity contribution in [3.8, 4) is 0 Å². The van der Waals surface area contributed by atoms with E-state index in [2.05, 4.69) is 0 Å². The van der Waals surface area contributed by atoms with Crippen molar-refractivity contribution in [1.82, 2.24) is 0 Å². The summed E-state index contributed by atoms with van der Waals surface area (Å²) in [5.41, 5.74) is 3.00. The van der Waals surface area contributed by atoms with Gasteiger partial charge >= 0.3 is 12.4 Å². The van der Waals surface area contributed by atoms with E-state index in [4.69, 9.17) is 5.73 Å². The fourth-order valence-corrected chi connectivity index (χ4v) is 1.55. The molecule has 3 N–H and O–H groups in total. The summed E-state index contributed by atoms with van der Waals surface area (Å²) in [6.07, 6.45) is -12.5. The fourth-order valence-electron chi connectivity index (χ4n) is 1.55. The molecule has 0 aliphatic carbocycles. The zero-order valence-electron chi connectivity index (χ0n) is 9.87. The summed E-state index contributed by atoms with van der Waals surface area (Å²) in [6.45, 7) is 0. The van der Waals surface area contributed by atoms with Crippen LogP contribution in [0.15, 0.2) is 24.3 Å². The van der Waals surface area contributed by atoms with Crippen LogP contribution in [0.3, 0.4) is 0 Å². The normalized spacial score (nSPS) is 15.4. The van der Waals surface area contributed by atoms with Crippen molar-refractivity contribution < 1.29 is 31.4 Å². The first kappa shape index (κ1) is 19.0. The molecule has 0 aliphatic rings. The van der Waals surface area contributed by atoms with E-state index in [1.807, 2.05) is 0 Å². The summed E-state index contributed by atoms with van der Waals surface area (Å²) in [5, 5.41) is 9.52. The highest BCUT2D eigenvalue weighted by Crippen LogP contribution is 2.36. The molecule has 1 aromatic carbocycles. The summed E-state index contributed by atoms with van der Waals surface area (Å²) in [6, 6.07) is 1.52. The van der Waals surface area contributed by atoms with Crippen molar-refractivity contribution in [2.45, 2.75) is 30.9 Å². The zero-order valence-corrected chi connectivity index (χ0v) is 10.7. The SMILES string of the molecule is Cl.N[C@H](C[C@@H](O)c1ccccc1C(F)(F)F)C(F)(F)F. The fraction of sp³-hybridized carbons (Fsp3) is 0.455. The lowest BCUT2D eigenvalue weighted by atomic mass is 9.97. The van der Waals surface area contributed by atoms with E-state index in [9.17, 15) is 31.4 Å². The van der Waals surface area contributed by atoms with Crippen molar-refractivity contribution in [2.75, 3.05) is 0 Å². The van der Waals surface area contributed by atoms with Crippen LogP contribution >= 0.6 is 12.4 Å². The van der Waals surface area contributed by atoms with E-state index >= 15 is 0 Å². The number of aliphatic hydroxyl groups excluding tert-OH is 1. The second-order valence-corrected chi connectivity index (χ2v) is 3.98. The summed E-state index contributed by atoms with van der Waals surface area (Å²) in [4.78, 5) is 0. The molecule has 0 unspecified atom stereocenters. The van der Waals surface area contributed by atoms with E-state index < -0.39 is 42.0 Å². The van der Waals surface area contributed by atoms with Crippen molar-refractivity contribution in [1.29, 1.82) is 0 Å². The Morgan fingerprint density at radius 2 is 1.55 bits per heavy atom. The maximum atomic E-state index is 12.6. The van der Waals surface area contributed by atoms with E-state index in [-0.39, 0.29) is 12.4 Å². The highest BCUT2D eigenvalue weighted by Gasteiger charge is 2.40. The molecule has 0 bridgehead atoms. The van der Waals surface area contributed by atoms with Gasteiger partial charge in [-0.25, -0.2) is 0 Å². The molecule has 1 rings (SSSR count). The summed E-state index contributed by atoms with van der Waals surface area (Å²) in [5.74, 6) is 0. The van der Waals surface area contributed by atoms with E-state index in [1.54, 1.807) is 0 Å². The topological polar surface area (TPSA) is 46.2 Å². The molecular formula is C11H12ClF6NO. The predicted molar refractivity (Wildman–Crippen MR) is 62.3 cm³/mol. The number of aliphatic hydroxyl groups is 1. The van der Waals surface area contributed by atoms with Crippen LogP contribution in [0.25, 0.3) is 0 Å². The second kappa shape index (κ2) is 6.64. The Labute approximate surface area is 117 Å². The minimum absolute atomic E-state index is 0. The Kier molecular flexibility index (Phi) is 6.31. The van der Waals surface area contributed by atoms with Gasteiger partial charge < -0.3 is 10.8 Å². The maximum absolute atomic E-state index is 12.6. The average molecular weight is 324 g/mol. The number of benzene rings is 1. The van der Waals surface area contributed by atoms with Crippen LogP contribution in [0.1, 0.15) is 23.7 Å². The van der Waals surface area contributed by atoms with E-state index in [0.717, 1.165) is 12.1 Å². The summed E-state index contributed by atoms with van der Waals surface area (Å²) >= 11 is 0. The van der Waals surface area contributed by atoms with Crippen LogP contribution in [-0.4, -0.2) is 17.3 Å². The molecule has 2 nitrogen and oxygen atoms in total. The summed E-state index contributed by atoms with van der Waals surface area (Å²) in [7, 11) is 0. The molecule has 9 heteroatoms. The Balaban J connectivity index is 0.00000361. The van der Waals surface area contributed by atoms with Crippen LogP contribution in [0.4, 0.5) is 26.3 Å². The monoisotopic (exact) mass is 323 g/mol. The lowest BCUT2D eigenvalue weighted by Gasteiger charge is -2.21. The lowest BCUT2D eigenvalue weighted by molar-refractivity contribution is -0.154.